The zero-order valence-electron chi connectivity index (χ0n) is 27.4. The van der Waals surface area contributed by atoms with Crippen molar-refractivity contribution in [3.8, 4) is 34.1 Å². The predicted molar refractivity (Wildman–Crippen MR) is 187 cm³/mol. The molecular weight excluding hydrogens is 760 g/mol. The van der Waals surface area contributed by atoms with Crippen molar-refractivity contribution in [2.75, 3.05) is 0 Å². The Bertz CT molecular complexity index is 2170. The van der Waals surface area contributed by atoms with Crippen LogP contribution in [0.1, 0.15) is 56.7 Å². The fourth-order valence-corrected chi connectivity index (χ4v) is 6.26. The molecule has 6 heteroatoms. The van der Waals surface area contributed by atoms with Crippen LogP contribution in [0.5, 0.6) is 11.5 Å². The number of pyridine rings is 1. The molecule has 47 heavy (non-hydrogen) atoms. The summed E-state index contributed by atoms with van der Waals surface area (Å²) in [6.07, 6.45) is 8.08. The van der Waals surface area contributed by atoms with Crippen LogP contribution in [-0.4, -0.2) is 19.3 Å². The fourth-order valence-electron chi connectivity index (χ4n) is 6.26. The average molecular weight is 798 g/mol. The summed E-state index contributed by atoms with van der Waals surface area (Å²) in [7, 11) is 0. The molecule has 238 valence electrons. The zero-order chi connectivity index (χ0) is 31.8. The number of para-hydroxylation sites is 1. The Kier molecular flexibility index (Phi) is 9.47. The van der Waals surface area contributed by atoms with Crippen molar-refractivity contribution in [3.05, 3.63) is 132 Å². The molecule has 4 aromatic carbocycles. The van der Waals surface area contributed by atoms with Crippen molar-refractivity contribution >= 4 is 21.8 Å². The summed E-state index contributed by atoms with van der Waals surface area (Å²) in [6, 6.07) is 36.2. The van der Waals surface area contributed by atoms with Gasteiger partial charge in [0, 0.05) is 35.0 Å². The van der Waals surface area contributed by atoms with Gasteiger partial charge in [-0.05, 0) is 83.1 Å². The van der Waals surface area contributed by atoms with Crippen LogP contribution >= 0.6 is 0 Å². The van der Waals surface area contributed by atoms with Crippen molar-refractivity contribution in [1.29, 1.82) is 0 Å². The van der Waals surface area contributed by atoms with E-state index in [0.717, 1.165) is 51.7 Å². The van der Waals surface area contributed by atoms with Gasteiger partial charge < -0.3 is 9.30 Å². The summed E-state index contributed by atoms with van der Waals surface area (Å²) in [5.41, 5.74) is 9.02. The Morgan fingerprint density at radius 1 is 0.830 bits per heavy atom. The minimum atomic E-state index is 0. The van der Waals surface area contributed by atoms with Crippen molar-refractivity contribution < 1.29 is 25.8 Å². The fraction of sp³-hybridized carbons (Fsp3) is 0.220. The van der Waals surface area contributed by atoms with E-state index in [1.807, 2.05) is 41.3 Å². The predicted octanol–water partition coefficient (Wildman–Crippen LogP) is 10.4. The van der Waals surface area contributed by atoms with Gasteiger partial charge in [0.05, 0.1) is 6.20 Å². The molecular formula is C41H38N4OPt. The monoisotopic (exact) mass is 797 g/mol. The van der Waals surface area contributed by atoms with Crippen LogP contribution in [0.25, 0.3) is 44.4 Å². The topological polar surface area (TPSA) is 44.9 Å². The molecule has 3 aromatic heterocycles. The van der Waals surface area contributed by atoms with Crippen molar-refractivity contribution in [3.63, 3.8) is 0 Å². The van der Waals surface area contributed by atoms with Crippen LogP contribution < -0.4 is 4.74 Å². The van der Waals surface area contributed by atoms with Crippen molar-refractivity contribution in [2.24, 2.45) is 5.92 Å². The van der Waals surface area contributed by atoms with E-state index < -0.39 is 0 Å². The Hall–Kier alpha value is -4.47. The quantitative estimate of drug-likeness (QED) is 0.137. The van der Waals surface area contributed by atoms with Gasteiger partial charge in [0.1, 0.15) is 5.82 Å². The Labute approximate surface area is 291 Å². The number of nitrogens with zero attached hydrogens (tertiary/aromatic N) is 4. The SMILES string of the molecule is Cc1cccc(C(C)C)c1-c1cnn(-c2[c-]c(Oc3[c-]c4c(cc3)c3ccccc3n4-c3cc(CCC(C)C)ccn3)ccc2)c1.[Pt+2]. The van der Waals surface area contributed by atoms with Crippen LogP contribution in [0.2, 0.25) is 0 Å². The van der Waals surface area contributed by atoms with E-state index in [0.29, 0.717) is 23.3 Å². The third-order valence-electron chi connectivity index (χ3n) is 8.62. The Balaban J connectivity index is 0.00000386. The van der Waals surface area contributed by atoms with Gasteiger partial charge in [-0.25, -0.2) is 4.98 Å². The van der Waals surface area contributed by atoms with E-state index in [1.165, 1.54) is 22.3 Å². The summed E-state index contributed by atoms with van der Waals surface area (Å²) >= 11 is 0. The number of benzene rings is 4. The van der Waals surface area contributed by atoms with Gasteiger partial charge in [-0.3, -0.25) is 4.68 Å². The maximum absolute atomic E-state index is 6.40. The van der Waals surface area contributed by atoms with Gasteiger partial charge in [-0.1, -0.05) is 69.6 Å². The Morgan fingerprint density at radius 3 is 2.47 bits per heavy atom. The van der Waals surface area contributed by atoms with Gasteiger partial charge in [0.2, 0.25) is 0 Å². The van der Waals surface area contributed by atoms with Crippen molar-refractivity contribution in [2.45, 2.75) is 53.4 Å². The van der Waals surface area contributed by atoms with Gasteiger partial charge in [-0.2, -0.15) is 17.2 Å². The molecule has 5 nitrogen and oxygen atoms in total. The number of hydrogen-bond donors (Lipinski definition) is 0. The maximum Gasteiger partial charge on any atom is 2.00 e. The average Bonchev–Trinajstić information content (AvgIpc) is 3.67. The molecule has 0 atom stereocenters. The van der Waals surface area contributed by atoms with Crippen LogP contribution in [-0.2, 0) is 27.5 Å². The molecule has 0 bridgehead atoms. The second kappa shape index (κ2) is 13.7. The van der Waals surface area contributed by atoms with Gasteiger partial charge in [0.25, 0.3) is 0 Å². The molecule has 3 heterocycles. The van der Waals surface area contributed by atoms with E-state index in [-0.39, 0.29) is 21.1 Å². The second-order valence-corrected chi connectivity index (χ2v) is 12.8. The summed E-state index contributed by atoms with van der Waals surface area (Å²) in [4.78, 5) is 4.80. The van der Waals surface area contributed by atoms with Gasteiger partial charge in [0.15, 0.2) is 0 Å². The molecule has 0 radical (unpaired) electrons. The molecule has 0 aliphatic heterocycles. The molecule has 0 amide bonds. The first kappa shape index (κ1) is 32.5. The molecule has 0 fully saturated rings. The second-order valence-electron chi connectivity index (χ2n) is 12.8. The minimum absolute atomic E-state index is 0. The van der Waals surface area contributed by atoms with Gasteiger partial charge in [-0.15, -0.1) is 35.7 Å². The normalized spacial score (nSPS) is 11.5. The standard InChI is InChI=1S/C41H38N4O.Pt/c1-27(2)16-17-30-20-21-42-40(22-30)45-38-15-7-6-13-36(38)37-19-18-34(24-39(37)45)46-33-12-9-11-32(23-33)44-26-31(25-43-44)41-29(5)10-8-14-35(41)28(3)4;/h6-15,18-22,25-28H,16-17H2,1-5H3;/q-2;+2. The molecule has 0 saturated carbocycles. The molecule has 0 aliphatic rings. The molecule has 0 aliphatic carbocycles. The van der Waals surface area contributed by atoms with E-state index in [9.17, 15) is 0 Å². The number of fused-ring (bicyclic) bond motifs is 3. The molecule has 7 rings (SSSR count). The van der Waals surface area contributed by atoms with Crippen LogP contribution in [0, 0.1) is 25.0 Å². The van der Waals surface area contributed by atoms with E-state index >= 15 is 0 Å². The Morgan fingerprint density at radius 2 is 1.64 bits per heavy atom. The third kappa shape index (κ3) is 6.55. The third-order valence-corrected chi connectivity index (χ3v) is 8.62. The van der Waals surface area contributed by atoms with Gasteiger partial charge >= 0.3 is 21.1 Å². The maximum atomic E-state index is 6.40. The largest absolute Gasteiger partial charge is 2.00 e. The van der Waals surface area contributed by atoms with Crippen LogP contribution in [0.3, 0.4) is 0 Å². The molecule has 0 saturated heterocycles. The summed E-state index contributed by atoms with van der Waals surface area (Å²) in [5, 5.41) is 6.97. The molecule has 0 unspecified atom stereocenters. The number of ether oxygens (including phenoxy) is 1. The number of hydrogen-bond acceptors (Lipinski definition) is 3. The first-order valence-corrected chi connectivity index (χ1v) is 16.1. The van der Waals surface area contributed by atoms with E-state index in [2.05, 4.69) is 118 Å². The summed E-state index contributed by atoms with van der Waals surface area (Å²) in [6.45, 7) is 11.1. The number of aryl methyl sites for hydroxylation is 2. The van der Waals surface area contributed by atoms with Crippen LogP contribution in [0.15, 0.2) is 104 Å². The molecule has 7 aromatic rings. The first-order chi connectivity index (χ1) is 22.4. The minimum Gasteiger partial charge on any atom is -0.509 e. The first-order valence-electron chi connectivity index (χ1n) is 16.1. The van der Waals surface area contributed by atoms with Crippen LogP contribution in [0.4, 0.5) is 0 Å². The molecule has 0 N–H and O–H groups in total. The van der Waals surface area contributed by atoms with E-state index in [1.54, 1.807) is 0 Å². The number of aromatic nitrogens is 4. The van der Waals surface area contributed by atoms with Crippen molar-refractivity contribution in [1.82, 2.24) is 19.3 Å². The zero-order valence-corrected chi connectivity index (χ0v) is 29.7. The summed E-state index contributed by atoms with van der Waals surface area (Å²) in [5.74, 6) is 3.16. The smallest absolute Gasteiger partial charge is 0.509 e. The summed E-state index contributed by atoms with van der Waals surface area (Å²) < 4.78 is 10.5. The number of rotatable bonds is 9. The molecule has 0 spiro atoms. The van der Waals surface area contributed by atoms with E-state index in [4.69, 9.17) is 14.8 Å².